The molecule has 0 aliphatic carbocycles. The van der Waals surface area contributed by atoms with Crippen molar-refractivity contribution in [1.29, 1.82) is 0 Å². The Hall–Kier alpha value is -2.42. The fraction of sp³-hybridized carbons (Fsp3) is 0.211. The van der Waals surface area contributed by atoms with Gasteiger partial charge in [-0.15, -0.1) is 0 Å². The molecule has 0 saturated carbocycles. The third kappa shape index (κ3) is 4.29. The molecule has 0 aliphatic rings. The molecular weight excluding hydrogens is 382 g/mol. The summed E-state index contributed by atoms with van der Waals surface area (Å²) in [5, 5.41) is 7.58. The Morgan fingerprint density at radius 2 is 1.85 bits per heavy atom. The summed E-state index contributed by atoms with van der Waals surface area (Å²) in [6.07, 6.45) is 0. The first kappa shape index (κ1) is 19.3. The highest BCUT2D eigenvalue weighted by Crippen LogP contribution is 2.24. The van der Waals surface area contributed by atoms with Gasteiger partial charge in [-0.1, -0.05) is 24.3 Å². The van der Waals surface area contributed by atoms with Crippen LogP contribution in [0.25, 0.3) is 11.0 Å². The average Bonchev–Trinajstić information content (AvgIpc) is 3.06. The lowest BCUT2D eigenvalue weighted by molar-refractivity contribution is 0.493. The summed E-state index contributed by atoms with van der Waals surface area (Å²) >= 11 is 5.36. The quantitative estimate of drug-likeness (QED) is 0.633. The molecule has 3 aromatic rings. The first-order valence-electron chi connectivity index (χ1n) is 8.36. The van der Waals surface area contributed by atoms with Gasteiger partial charge in [0.1, 0.15) is 11.3 Å². The molecule has 0 fully saturated rings. The molecule has 1 atom stereocenters. The third-order valence-electron chi connectivity index (χ3n) is 4.09. The largest absolute Gasteiger partial charge is 0.459 e. The molecule has 6 nitrogen and oxygen atoms in total. The second-order valence-corrected chi connectivity index (χ2v) is 8.88. The zero-order valence-corrected chi connectivity index (χ0v) is 16.9. The van der Waals surface area contributed by atoms with Crippen LogP contribution in [0.3, 0.4) is 0 Å². The number of thiocarbonyl (C=S) groups is 1. The van der Waals surface area contributed by atoms with Crippen molar-refractivity contribution in [1.82, 2.24) is 9.62 Å². The fourth-order valence-electron chi connectivity index (χ4n) is 2.60. The molecule has 0 unspecified atom stereocenters. The SMILES string of the molecule is C[C@@H](NC(=S)Nc1cccc(S(=O)(=O)N(C)C)c1)c1cc2ccccc2o1. The Balaban J connectivity index is 1.70. The normalized spacial score (nSPS) is 12.9. The zero-order valence-electron chi connectivity index (χ0n) is 15.3. The second kappa shape index (κ2) is 7.67. The summed E-state index contributed by atoms with van der Waals surface area (Å²) in [6.45, 7) is 1.94. The fourth-order valence-corrected chi connectivity index (χ4v) is 3.84. The van der Waals surface area contributed by atoms with Crippen molar-refractivity contribution < 1.29 is 12.8 Å². The number of para-hydroxylation sites is 1. The van der Waals surface area contributed by atoms with Crippen molar-refractivity contribution in [2.75, 3.05) is 19.4 Å². The highest BCUT2D eigenvalue weighted by atomic mass is 32.2. The van der Waals surface area contributed by atoms with E-state index >= 15 is 0 Å². The minimum absolute atomic E-state index is 0.147. The monoisotopic (exact) mass is 403 g/mol. The minimum Gasteiger partial charge on any atom is -0.459 e. The number of rotatable bonds is 5. The van der Waals surface area contributed by atoms with Crippen LogP contribution in [0.1, 0.15) is 18.7 Å². The number of nitrogens with one attached hydrogen (secondary N) is 2. The number of furan rings is 1. The minimum atomic E-state index is -3.50. The van der Waals surface area contributed by atoms with Gasteiger partial charge >= 0.3 is 0 Å². The Bertz CT molecular complexity index is 1040. The number of hydrogen-bond acceptors (Lipinski definition) is 4. The van der Waals surface area contributed by atoms with E-state index in [4.69, 9.17) is 16.6 Å². The molecule has 0 radical (unpaired) electrons. The van der Waals surface area contributed by atoms with Gasteiger partial charge in [-0.3, -0.25) is 0 Å². The lowest BCUT2D eigenvalue weighted by Gasteiger charge is -2.16. The molecule has 0 aliphatic heterocycles. The van der Waals surface area contributed by atoms with Gasteiger partial charge in [-0.2, -0.15) is 0 Å². The summed E-state index contributed by atoms with van der Waals surface area (Å²) < 4.78 is 31.5. The molecule has 8 heteroatoms. The van der Waals surface area contributed by atoms with Gasteiger partial charge < -0.3 is 15.1 Å². The van der Waals surface area contributed by atoms with Gasteiger partial charge in [0.2, 0.25) is 10.0 Å². The van der Waals surface area contributed by atoms with Crippen LogP contribution in [-0.4, -0.2) is 31.9 Å². The van der Waals surface area contributed by atoms with Crippen molar-refractivity contribution >= 4 is 44.0 Å². The number of fused-ring (bicyclic) bond motifs is 1. The molecule has 0 bridgehead atoms. The molecule has 2 N–H and O–H groups in total. The van der Waals surface area contributed by atoms with Gasteiger partial charge in [0, 0.05) is 25.2 Å². The summed E-state index contributed by atoms with van der Waals surface area (Å²) in [7, 11) is -0.508. The van der Waals surface area contributed by atoms with Crippen LogP contribution in [0.4, 0.5) is 5.69 Å². The van der Waals surface area contributed by atoms with Crippen molar-refractivity contribution in [3.63, 3.8) is 0 Å². The Morgan fingerprint density at radius 1 is 1.11 bits per heavy atom. The van der Waals surface area contributed by atoms with Gasteiger partial charge in [0.15, 0.2) is 5.11 Å². The Labute approximate surface area is 164 Å². The van der Waals surface area contributed by atoms with Crippen LogP contribution < -0.4 is 10.6 Å². The molecular formula is C19H21N3O3S2. The standard InChI is InChI=1S/C19H21N3O3S2/c1-13(18-11-14-7-4-5-10-17(14)25-18)20-19(26)21-15-8-6-9-16(12-15)27(23,24)22(2)3/h4-13H,1-3H3,(H2,20,21,26)/t13-/m1/s1. The second-order valence-electron chi connectivity index (χ2n) is 6.32. The van der Waals surface area contributed by atoms with Crippen molar-refractivity contribution in [3.8, 4) is 0 Å². The van der Waals surface area contributed by atoms with Crippen LogP contribution in [0.2, 0.25) is 0 Å². The van der Waals surface area contributed by atoms with Gasteiger partial charge in [0.05, 0.1) is 10.9 Å². The van der Waals surface area contributed by atoms with E-state index < -0.39 is 10.0 Å². The molecule has 0 amide bonds. The van der Waals surface area contributed by atoms with Crippen molar-refractivity contribution in [3.05, 3.63) is 60.4 Å². The average molecular weight is 404 g/mol. The maximum absolute atomic E-state index is 12.3. The summed E-state index contributed by atoms with van der Waals surface area (Å²) in [4.78, 5) is 0.200. The van der Waals surface area contributed by atoms with Crippen molar-refractivity contribution in [2.24, 2.45) is 0 Å². The number of benzene rings is 2. The Kier molecular flexibility index (Phi) is 5.50. The molecule has 0 spiro atoms. The summed E-state index contributed by atoms with van der Waals surface area (Å²) in [5.41, 5.74) is 1.41. The molecule has 1 aromatic heterocycles. The van der Waals surface area contributed by atoms with Gasteiger partial charge in [-0.25, -0.2) is 12.7 Å². The van der Waals surface area contributed by atoms with E-state index in [1.165, 1.54) is 18.4 Å². The van der Waals surface area contributed by atoms with E-state index in [9.17, 15) is 8.42 Å². The third-order valence-corrected chi connectivity index (χ3v) is 6.12. The van der Waals surface area contributed by atoms with Crippen LogP contribution in [-0.2, 0) is 10.0 Å². The van der Waals surface area contributed by atoms with Gasteiger partial charge in [0.25, 0.3) is 0 Å². The Morgan fingerprint density at radius 3 is 2.56 bits per heavy atom. The molecule has 3 rings (SSSR count). The highest BCUT2D eigenvalue weighted by molar-refractivity contribution is 7.89. The number of anilines is 1. The van der Waals surface area contributed by atoms with E-state index in [1.54, 1.807) is 24.3 Å². The van der Waals surface area contributed by atoms with E-state index in [-0.39, 0.29) is 10.9 Å². The number of hydrogen-bond donors (Lipinski definition) is 2. The molecule has 1 heterocycles. The molecule has 2 aromatic carbocycles. The first-order chi connectivity index (χ1) is 12.8. The topological polar surface area (TPSA) is 74.6 Å². The predicted octanol–water partition coefficient (Wildman–Crippen LogP) is 3.73. The predicted molar refractivity (Wildman–Crippen MR) is 111 cm³/mol. The van der Waals surface area contributed by atoms with Crippen LogP contribution in [0.5, 0.6) is 0 Å². The maximum atomic E-state index is 12.3. The lowest BCUT2D eigenvalue weighted by Crippen LogP contribution is -2.30. The zero-order chi connectivity index (χ0) is 19.6. The van der Waals surface area contributed by atoms with Crippen LogP contribution in [0, 0.1) is 0 Å². The van der Waals surface area contributed by atoms with E-state index in [0.29, 0.717) is 10.8 Å². The van der Waals surface area contributed by atoms with Gasteiger partial charge in [-0.05, 0) is 49.5 Å². The number of sulfonamides is 1. The van der Waals surface area contributed by atoms with Crippen LogP contribution in [0.15, 0.2) is 63.9 Å². The smallest absolute Gasteiger partial charge is 0.242 e. The van der Waals surface area contributed by atoms with E-state index in [1.807, 2.05) is 37.3 Å². The highest BCUT2D eigenvalue weighted by Gasteiger charge is 2.18. The molecule has 142 valence electrons. The lowest BCUT2D eigenvalue weighted by atomic mass is 10.2. The molecule has 27 heavy (non-hydrogen) atoms. The molecule has 0 saturated heterocycles. The van der Waals surface area contributed by atoms with E-state index in [2.05, 4.69) is 10.6 Å². The first-order valence-corrected chi connectivity index (χ1v) is 10.2. The van der Waals surface area contributed by atoms with Crippen molar-refractivity contribution in [2.45, 2.75) is 17.9 Å². The van der Waals surface area contributed by atoms with Crippen LogP contribution >= 0.6 is 12.2 Å². The summed E-state index contributed by atoms with van der Waals surface area (Å²) in [6, 6.07) is 16.1. The van der Waals surface area contributed by atoms with E-state index in [0.717, 1.165) is 16.7 Å². The maximum Gasteiger partial charge on any atom is 0.242 e. The number of nitrogens with zero attached hydrogens (tertiary/aromatic N) is 1. The summed E-state index contributed by atoms with van der Waals surface area (Å²) in [5.74, 6) is 0.768.